The predicted molar refractivity (Wildman–Crippen MR) is 92.9 cm³/mol. The van der Waals surface area contributed by atoms with E-state index in [0.717, 1.165) is 36.5 Å². The van der Waals surface area contributed by atoms with Gasteiger partial charge in [-0.3, -0.25) is 0 Å². The fourth-order valence-corrected chi connectivity index (χ4v) is 3.03. The van der Waals surface area contributed by atoms with Crippen molar-refractivity contribution in [3.63, 3.8) is 0 Å². The number of nitrogens with zero attached hydrogens (tertiary/aromatic N) is 5. The lowest BCUT2D eigenvalue weighted by Crippen LogP contribution is -2.42. The number of hydrogen-bond acceptors (Lipinski definition) is 7. The van der Waals surface area contributed by atoms with Crippen LogP contribution in [0.5, 0.6) is 11.8 Å². The third kappa shape index (κ3) is 3.79. The molecular weight excluding hydrogens is 318 g/mol. The van der Waals surface area contributed by atoms with Gasteiger partial charge in [-0.15, -0.1) is 0 Å². The van der Waals surface area contributed by atoms with E-state index in [2.05, 4.69) is 25.9 Å². The number of nitriles is 1. The van der Waals surface area contributed by atoms with E-state index in [-0.39, 0.29) is 6.10 Å². The van der Waals surface area contributed by atoms with E-state index in [1.807, 2.05) is 19.9 Å². The highest BCUT2D eigenvalue weighted by Crippen LogP contribution is 2.26. The van der Waals surface area contributed by atoms with Crippen molar-refractivity contribution in [2.24, 2.45) is 0 Å². The minimum atomic E-state index is -0.0451. The minimum Gasteiger partial charge on any atom is -0.494 e. The summed E-state index contributed by atoms with van der Waals surface area (Å²) in [4.78, 5) is 15.0. The normalized spacial score (nSPS) is 17.0. The molecule has 0 aromatic carbocycles. The summed E-state index contributed by atoms with van der Waals surface area (Å²) in [6.07, 6.45) is 5.00. The zero-order valence-corrected chi connectivity index (χ0v) is 14.7. The van der Waals surface area contributed by atoms with E-state index in [4.69, 9.17) is 9.47 Å². The lowest BCUT2D eigenvalue weighted by atomic mass is 10.1. The first-order valence-corrected chi connectivity index (χ1v) is 8.26. The standard InChI is InChI=1S/C18H21N5O2/c1-12-7-13(2)22-17(16(12)8-19)23-6-4-5-14(11-23)25-18-20-9-15(24-3)10-21-18/h7,9-10,14H,4-6,11H2,1-3H3. The molecule has 0 radical (unpaired) electrons. The molecule has 0 aliphatic carbocycles. The summed E-state index contributed by atoms with van der Waals surface area (Å²) in [5, 5.41) is 9.49. The average molecular weight is 339 g/mol. The van der Waals surface area contributed by atoms with Gasteiger partial charge in [0.1, 0.15) is 18.0 Å². The lowest BCUT2D eigenvalue weighted by Gasteiger charge is -2.34. The van der Waals surface area contributed by atoms with E-state index >= 15 is 0 Å². The van der Waals surface area contributed by atoms with Crippen LogP contribution in [0.25, 0.3) is 0 Å². The molecule has 25 heavy (non-hydrogen) atoms. The number of ether oxygens (including phenoxy) is 2. The molecule has 130 valence electrons. The van der Waals surface area contributed by atoms with E-state index < -0.39 is 0 Å². The Morgan fingerprint density at radius 3 is 2.72 bits per heavy atom. The highest BCUT2D eigenvalue weighted by Gasteiger charge is 2.25. The van der Waals surface area contributed by atoms with Crippen LogP contribution in [0.2, 0.25) is 0 Å². The molecule has 3 rings (SSSR count). The molecule has 1 fully saturated rings. The van der Waals surface area contributed by atoms with Crippen molar-refractivity contribution in [1.29, 1.82) is 5.26 Å². The van der Waals surface area contributed by atoms with Gasteiger partial charge < -0.3 is 14.4 Å². The Kier molecular flexibility index (Phi) is 4.98. The maximum atomic E-state index is 9.49. The van der Waals surface area contributed by atoms with Gasteiger partial charge in [-0.2, -0.15) is 15.2 Å². The molecular formula is C18H21N5O2. The summed E-state index contributed by atoms with van der Waals surface area (Å²) < 4.78 is 11.0. The summed E-state index contributed by atoms with van der Waals surface area (Å²) >= 11 is 0. The predicted octanol–water partition coefficient (Wildman–Crippen LogP) is 2.42. The number of hydrogen-bond donors (Lipinski definition) is 0. The quantitative estimate of drug-likeness (QED) is 0.845. The van der Waals surface area contributed by atoms with Crippen molar-refractivity contribution >= 4 is 5.82 Å². The van der Waals surface area contributed by atoms with Crippen LogP contribution in [0.3, 0.4) is 0 Å². The Hall–Kier alpha value is -2.88. The number of anilines is 1. The summed E-state index contributed by atoms with van der Waals surface area (Å²) in [5.41, 5.74) is 2.49. The van der Waals surface area contributed by atoms with Crippen molar-refractivity contribution in [3.8, 4) is 17.8 Å². The number of pyridine rings is 1. The van der Waals surface area contributed by atoms with Crippen LogP contribution in [-0.4, -0.2) is 41.3 Å². The molecule has 1 unspecified atom stereocenters. The third-order valence-electron chi connectivity index (χ3n) is 4.23. The van der Waals surface area contributed by atoms with Crippen LogP contribution in [0.4, 0.5) is 5.82 Å². The van der Waals surface area contributed by atoms with E-state index in [9.17, 15) is 5.26 Å². The second-order valence-corrected chi connectivity index (χ2v) is 6.12. The van der Waals surface area contributed by atoms with Crippen molar-refractivity contribution in [1.82, 2.24) is 15.0 Å². The van der Waals surface area contributed by atoms with Gasteiger partial charge in [0.2, 0.25) is 0 Å². The SMILES string of the molecule is COc1cnc(OC2CCCN(c3nc(C)cc(C)c3C#N)C2)nc1. The highest BCUT2D eigenvalue weighted by atomic mass is 16.5. The fourth-order valence-electron chi connectivity index (χ4n) is 3.03. The van der Waals surface area contributed by atoms with Gasteiger partial charge in [-0.1, -0.05) is 0 Å². The Balaban J connectivity index is 1.76. The molecule has 2 aromatic rings. The number of rotatable bonds is 4. The zero-order valence-electron chi connectivity index (χ0n) is 14.7. The Morgan fingerprint density at radius 2 is 2.04 bits per heavy atom. The maximum Gasteiger partial charge on any atom is 0.316 e. The first kappa shape index (κ1) is 17.0. The minimum absolute atomic E-state index is 0.0451. The van der Waals surface area contributed by atoms with E-state index in [1.165, 1.54) is 0 Å². The molecule has 7 nitrogen and oxygen atoms in total. The Morgan fingerprint density at radius 1 is 1.28 bits per heavy atom. The van der Waals surface area contributed by atoms with Gasteiger partial charge in [0.05, 0.1) is 31.6 Å². The molecule has 1 aliphatic heterocycles. The van der Waals surface area contributed by atoms with E-state index in [1.54, 1.807) is 19.5 Å². The van der Waals surface area contributed by atoms with Gasteiger partial charge in [0.15, 0.2) is 5.75 Å². The van der Waals surface area contributed by atoms with Crippen LogP contribution < -0.4 is 14.4 Å². The van der Waals surface area contributed by atoms with Crippen molar-refractivity contribution in [3.05, 3.63) is 35.3 Å². The monoisotopic (exact) mass is 339 g/mol. The summed E-state index contributed by atoms with van der Waals surface area (Å²) in [6.45, 7) is 5.40. The highest BCUT2D eigenvalue weighted by molar-refractivity contribution is 5.58. The van der Waals surface area contributed by atoms with Gasteiger partial charge in [-0.05, 0) is 38.3 Å². The van der Waals surface area contributed by atoms with Crippen LogP contribution in [0, 0.1) is 25.2 Å². The number of aromatic nitrogens is 3. The smallest absolute Gasteiger partial charge is 0.316 e. The Bertz CT molecular complexity index is 785. The largest absolute Gasteiger partial charge is 0.494 e. The maximum absolute atomic E-state index is 9.49. The van der Waals surface area contributed by atoms with Crippen molar-refractivity contribution in [2.75, 3.05) is 25.1 Å². The zero-order chi connectivity index (χ0) is 17.8. The summed E-state index contributed by atoms with van der Waals surface area (Å²) in [7, 11) is 1.57. The lowest BCUT2D eigenvalue weighted by molar-refractivity contribution is 0.163. The molecule has 1 aliphatic rings. The number of piperidine rings is 1. The molecule has 0 amide bonds. The second kappa shape index (κ2) is 7.34. The van der Waals surface area contributed by atoms with Crippen molar-refractivity contribution < 1.29 is 9.47 Å². The average Bonchev–Trinajstić information content (AvgIpc) is 2.62. The van der Waals surface area contributed by atoms with Gasteiger partial charge in [0.25, 0.3) is 0 Å². The van der Waals surface area contributed by atoms with Crippen molar-refractivity contribution in [2.45, 2.75) is 32.8 Å². The first-order valence-electron chi connectivity index (χ1n) is 8.26. The van der Waals surface area contributed by atoms with Gasteiger partial charge in [0, 0.05) is 12.2 Å². The molecule has 0 bridgehead atoms. The van der Waals surface area contributed by atoms with Crippen LogP contribution in [0.1, 0.15) is 29.7 Å². The van der Waals surface area contributed by atoms with Crippen LogP contribution >= 0.6 is 0 Å². The summed E-state index contributed by atoms with van der Waals surface area (Å²) in [6, 6.07) is 4.55. The molecule has 0 saturated carbocycles. The third-order valence-corrected chi connectivity index (χ3v) is 4.23. The molecule has 3 heterocycles. The Labute approximate surface area is 147 Å². The van der Waals surface area contributed by atoms with Crippen LogP contribution in [-0.2, 0) is 0 Å². The fraction of sp³-hybridized carbons (Fsp3) is 0.444. The summed E-state index contributed by atoms with van der Waals surface area (Å²) in [5.74, 6) is 1.33. The topological polar surface area (TPSA) is 84.2 Å². The van der Waals surface area contributed by atoms with Gasteiger partial charge in [-0.25, -0.2) is 4.98 Å². The van der Waals surface area contributed by atoms with Gasteiger partial charge >= 0.3 is 6.01 Å². The molecule has 0 spiro atoms. The molecule has 1 atom stereocenters. The first-order chi connectivity index (χ1) is 12.1. The van der Waals surface area contributed by atoms with E-state index in [0.29, 0.717) is 23.9 Å². The molecule has 7 heteroatoms. The second-order valence-electron chi connectivity index (χ2n) is 6.12. The molecule has 1 saturated heterocycles. The van der Waals surface area contributed by atoms with Crippen LogP contribution in [0.15, 0.2) is 18.5 Å². The molecule has 2 aromatic heterocycles. The number of aryl methyl sites for hydroxylation is 2. The molecule has 0 N–H and O–H groups in total. The number of methoxy groups -OCH3 is 1.